The zero-order valence-corrected chi connectivity index (χ0v) is 2.50. The van der Waals surface area contributed by atoms with Gasteiger partial charge in [-0.3, -0.25) is 9.41 Å². The van der Waals surface area contributed by atoms with Gasteiger partial charge >= 0.3 is 23.1 Å². The normalized spacial score (nSPS) is 0. The standard InChI is InChI=1S/Cr.2FH.Mg.2H/h;2*1H;;;. The summed E-state index contributed by atoms with van der Waals surface area (Å²) in [6.07, 6.45) is 0. The van der Waals surface area contributed by atoms with E-state index in [0.29, 0.717) is 0 Å². The summed E-state index contributed by atoms with van der Waals surface area (Å²) in [7, 11) is 0. The van der Waals surface area contributed by atoms with Crippen LogP contribution < -0.4 is 0 Å². The average molecular weight is 118 g/mol. The third-order valence-corrected chi connectivity index (χ3v) is 0. The van der Waals surface area contributed by atoms with Gasteiger partial charge in [-0.25, -0.2) is 0 Å². The second-order valence-corrected chi connectivity index (χ2v) is 0. The van der Waals surface area contributed by atoms with E-state index < -0.39 is 0 Å². The molecule has 0 bridgehead atoms. The van der Waals surface area contributed by atoms with Gasteiger partial charge in [0.05, 0.1) is 0 Å². The van der Waals surface area contributed by atoms with Crippen LogP contribution in [0.4, 0.5) is 9.41 Å². The summed E-state index contributed by atoms with van der Waals surface area (Å²) in [5, 5.41) is 0. The van der Waals surface area contributed by atoms with Gasteiger partial charge in [0.1, 0.15) is 0 Å². The van der Waals surface area contributed by atoms with Crippen molar-refractivity contribution in [2.75, 3.05) is 0 Å². The van der Waals surface area contributed by atoms with E-state index in [2.05, 4.69) is 0 Å². The molecule has 0 amide bonds. The van der Waals surface area contributed by atoms with Crippen molar-refractivity contribution >= 4 is 23.1 Å². The van der Waals surface area contributed by atoms with Crippen LogP contribution in [-0.4, -0.2) is 23.1 Å². The maximum atomic E-state index is 0. The summed E-state index contributed by atoms with van der Waals surface area (Å²) in [5.41, 5.74) is 0. The molecular formula is H4CrF2Mg. The van der Waals surface area contributed by atoms with Gasteiger partial charge < -0.3 is 0 Å². The Kier molecular flexibility index (Phi) is 513. The smallest absolute Gasteiger partial charge is 0.269 e. The molecule has 0 fully saturated rings. The van der Waals surface area contributed by atoms with Crippen molar-refractivity contribution in [3.8, 4) is 0 Å². The average Bonchev–Trinajstić information content (AvgIpc) is 0. The van der Waals surface area contributed by atoms with Crippen molar-refractivity contribution in [2.24, 2.45) is 0 Å². The summed E-state index contributed by atoms with van der Waals surface area (Å²) >= 11 is 0. The fraction of sp³-hybridized carbons (Fsp3) is 0. The van der Waals surface area contributed by atoms with E-state index in [1.165, 1.54) is 0 Å². The van der Waals surface area contributed by atoms with Crippen LogP contribution in [0.2, 0.25) is 0 Å². The first-order chi connectivity index (χ1) is 0. The van der Waals surface area contributed by atoms with E-state index in [1.807, 2.05) is 0 Å². The van der Waals surface area contributed by atoms with E-state index in [9.17, 15) is 0 Å². The Bertz CT molecular complexity index is 6.00. The van der Waals surface area contributed by atoms with Crippen LogP contribution in [0, 0.1) is 0 Å². The first-order valence-corrected chi connectivity index (χ1v) is 0. The minimum atomic E-state index is 0. The molecule has 0 aliphatic heterocycles. The predicted octanol–water partition coefficient (Wildman–Crippen LogP) is -0.614. The molecule has 4 heteroatoms. The van der Waals surface area contributed by atoms with Gasteiger partial charge in [-0.15, -0.1) is 0 Å². The second kappa shape index (κ2) is 30.9. The molecule has 0 saturated heterocycles. The molecule has 0 aliphatic rings. The Balaban J connectivity index is 0. The van der Waals surface area contributed by atoms with Gasteiger partial charge in [0.15, 0.2) is 0 Å². The van der Waals surface area contributed by atoms with Crippen LogP contribution in [0.25, 0.3) is 0 Å². The Morgan fingerprint density at radius 3 is 0.750 bits per heavy atom. The largest absolute Gasteiger partial charge is 0.316 e. The Labute approximate surface area is 50.0 Å². The molecule has 0 aromatic rings. The molecule has 0 radical (unpaired) electrons. The Morgan fingerprint density at radius 1 is 0.750 bits per heavy atom. The quantitative estimate of drug-likeness (QED) is 0.372. The minimum Gasteiger partial charge on any atom is -0.269 e. The molecule has 0 atom stereocenters. The first kappa shape index (κ1) is 66.5. The molecule has 0 heterocycles. The summed E-state index contributed by atoms with van der Waals surface area (Å²) in [6, 6.07) is 0. The maximum absolute atomic E-state index is 0. The van der Waals surface area contributed by atoms with E-state index in [0.717, 1.165) is 0 Å². The molecule has 4 heavy (non-hydrogen) atoms. The molecule has 0 aromatic heterocycles. The number of hydrogen-bond donors (Lipinski definition) is 0. The molecule has 0 rings (SSSR count). The molecular weight excluding hydrogens is 114 g/mol. The third-order valence-electron chi connectivity index (χ3n) is 0. The van der Waals surface area contributed by atoms with Gasteiger partial charge in [0, 0.05) is 17.4 Å². The fourth-order valence-electron chi connectivity index (χ4n) is 0. The zero-order chi connectivity index (χ0) is 0. The second-order valence-electron chi connectivity index (χ2n) is 0. The SMILES string of the molecule is F.F.[Cr].[MgH2]. The Morgan fingerprint density at radius 2 is 0.750 bits per heavy atom. The maximum Gasteiger partial charge on any atom is 0.316 e. The van der Waals surface area contributed by atoms with E-state index >= 15 is 0 Å². The van der Waals surface area contributed by atoms with Crippen LogP contribution in [0.1, 0.15) is 0 Å². The van der Waals surface area contributed by atoms with Gasteiger partial charge in [0.2, 0.25) is 0 Å². The van der Waals surface area contributed by atoms with Crippen molar-refractivity contribution < 1.29 is 26.8 Å². The minimum absolute atomic E-state index is 0. The van der Waals surface area contributed by atoms with Crippen molar-refractivity contribution in [3.05, 3.63) is 0 Å². The molecule has 0 spiro atoms. The summed E-state index contributed by atoms with van der Waals surface area (Å²) < 4.78 is 0. The predicted molar refractivity (Wildman–Crippen MR) is 13.5 cm³/mol. The van der Waals surface area contributed by atoms with Gasteiger partial charge in [0.25, 0.3) is 0 Å². The summed E-state index contributed by atoms with van der Waals surface area (Å²) in [6.45, 7) is 0. The van der Waals surface area contributed by atoms with Crippen LogP contribution in [0.3, 0.4) is 0 Å². The van der Waals surface area contributed by atoms with Crippen LogP contribution in [0.15, 0.2) is 0 Å². The van der Waals surface area contributed by atoms with E-state index in [1.54, 1.807) is 0 Å². The van der Waals surface area contributed by atoms with Crippen molar-refractivity contribution in [3.63, 3.8) is 0 Å². The van der Waals surface area contributed by atoms with Crippen molar-refractivity contribution in [1.82, 2.24) is 0 Å². The van der Waals surface area contributed by atoms with Gasteiger partial charge in [-0.05, 0) is 0 Å². The fourth-order valence-corrected chi connectivity index (χ4v) is 0. The van der Waals surface area contributed by atoms with Gasteiger partial charge in [-0.2, -0.15) is 0 Å². The number of halogens is 2. The van der Waals surface area contributed by atoms with E-state index in [4.69, 9.17) is 0 Å². The van der Waals surface area contributed by atoms with Crippen LogP contribution in [-0.2, 0) is 17.4 Å². The molecule has 0 nitrogen and oxygen atoms in total. The molecule has 0 saturated carbocycles. The molecule has 0 unspecified atom stereocenters. The number of hydrogen-bond acceptors (Lipinski definition) is 0. The summed E-state index contributed by atoms with van der Waals surface area (Å²) in [4.78, 5) is 0. The van der Waals surface area contributed by atoms with Gasteiger partial charge in [-0.1, -0.05) is 0 Å². The van der Waals surface area contributed by atoms with Crippen molar-refractivity contribution in [2.45, 2.75) is 0 Å². The van der Waals surface area contributed by atoms with Crippen LogP contribution in [0.5, 0.6) is 0 Å². The number of rotatable bonds is 0. The zero-order valence-electron chi connectivity index (χ0n) is 1.22. The van der Waals surface area contributed by atoms with Crippen LogP contribution >= 0.6 is 0 Å². The topological polar surface area (TPSA) is 0 Å². The molecule has 0 N–H and O–H groups in total. The van der Waals surface area contributed by atoms with E-state index in [-0.39, 0.29) is 49.8 Å². The molecule has 0 aromatic carbocycles. The third kappa shape index (κ3) is 11.0. The monoisotopic (exact) mass is 118 g/mol. The molecule has 0 aliphatic carbocycles. The molecule has 26 valence electrons. The van der Waals surface area contributed by atoms with Crippen molar-refractivity contribution in [1.29, 1.82) is 0 Å². The Hall–Kier alpha value is 1.16. The first-order valence-electron chi connectivity index (χ1n) is 0. The summed E-state index contributed by atoms with van der Waals surface area (Å²) in [5.74, 6) is 0.